The molecule has 100 valence electrons. The third-order valence-electron chi connectivity index (χ3n) is 3.09. The van der Waals surface area contributed by atoms with Crippen molar-refractivity contribution in [2.45, 2.75) is 12.5 Å². The Labute approximate surface area is 111 Å². The van der Waals surface area contributed by atoms with Crippen LogP contribution in [0.3, 0.4) is 0 Å². The molecule has 1 saturated heterocycles. The van der Waals surface area contributed by atoms with E-state index >= 15 is 0 Å². The first-order chi connectivity index (χ1) is 9.11. The molecule has 1 aromatic rings. The fraction of sp³-hybridized carbons (Fsp3) is 0.286. The summed E-state index contributed by atoms with van der Waals surface area (Å²) in [5.74, 6) is -0.515. The molecular formula is C14H15NO4. The Balaban J connectivity index is 2.21. The van der Waals surface area contributed by atoms with Crippen LogP contribution in [-0.2, 0) is 9.53 Å². The van der Waals surface area contributed by atoms with E-state index in [1.165, 1.54) is 7.11 Å². The van der Waals surface area contributed by atoms with Crippen molar-refractivity contribution in [1.29, 1.82) is 0 Å². The lowest BCUT2D eigenvalue weighted by atomic mass is 10.1. The van der Waals surface area contributed by atoms with Gasteiger partial charge in [-0.2, -0.15) is 0 Å². The first-order valence-corrected chi connectivity index (χ1v) is 5.93. The monoisotopic (exact) mass is 261 g/mol. The summed E-state index contributed by atoms with van der Waals surface area (Å²) in [7, 11) is 1.27. The van der Waals surface area contributed by atoms with Gasteiger partial charge in [0.1, 0.15) is 6.04 Å². The second kappa shape index (κ2) is 5.56. The Hall–Kier alpha value is -2.30. The second-order valence-electron chi connectivity index (χ2n) is 4.37. The molecule has 0 bridgehead atoms. The number of hydrogen-bond acceptors (Lipinski definition) is 3. The zero-order chi connectivity index (χ0) is 13.8. The largest absolute Gasteiger partial charge is 0.467 e. The van der Waals surface area contributed by atoms with Gasteiger partial charge in [0.25, 0.3) is 0 Å². The van der Waals surface area contributed by atoms with Crippen LogP contribution in [0.4, 0.5) is 4.79 Å². The van der Waals surface area contributed by atoms with Gasteiger partial charge in [0, 0.05) is 13.0 Å². The van der Waals surface area contributed by atoms with E-state index in [9.17, 15) is 9.59 Å². The molecule has 0 saturated carbocycles. The van der Waals surface area contributed by atoms with E-state index in [0.717, 1.165) is 16.0 Å². The highest BCUT2D eigenvalue weighted by Gasteiger charge is 2.37. The van der Waals surface area contributed by atoms with Gasteiger partial charge in [-0.05, 0) is 11.1 Å². The van der Waals surface area contributed by atoms with Crippen LogP contribution in [0.2, 0.25) is 0 Å². The van der Waals surface area contributed by atoms with Crippen molar-refractivity contribution >= 4 is 18.1 Å². The highest BCUT2D eigenvalue weighted by Crippen LogP contribution is 2.25. The van der Waals surface area contributed by atoms with Crippen molar-refractivity contribution in [2.75, 3.05) is 13.7 Å². The van der Waals surface area contributed by atoms with Crippen LogP contribution in [0.15, 0.2) is 35.9 Å². The molecule has 1 N–H and O–H groups in total. The Bertz CT molecular complexity index is 509. The van der Waals surface area contributed by atoms with Crippen LogP contribution in [0.1, 0.15) is 12.0 Å². The molecule has 0 spiro atoms. The number of carbonyl (C=O) groups is 2. The standard InChI is InChI=1S/C14H15NO4/c1-19-13(16)12-8-11(9-15(12)14(17)18)7-10-5-3-2-4-6-10/h2-7,12H,8-9H2,1H3,(H,17,18)/t12-/m0/s1. The number of likely N-dealkylation sites (tertiary alicyclic amines) is 1. The lowest BCUT2D eigenvalue weighted by molar-refractivity contribution is -0.145. The molecule has 19 heavy (non-hydrogen) atoms. The number of carboxylic acid groups (broad SMARTS) is 1. The van der Waals surface area contributed by atoms with Crippen molar-refractivity contribution in [1.82, 2.24) is 4.90 Å². The van der Waals surface area contributed by atoms with Crippen molar-refractivity contribution in [3.05, 3.63) is 41.5 Å². The Morgan fingerprint density at radius 1 is 1.37 bits per heavy atom. The number of benzene rings is 1. The highest BCUT2D eigenvalue weighted by molar-refractivity contribution is 5.83. The molecule has 1 amide bonds. The van der Waals surface area contributed by atoms with Crippen LogP contribution < -0.4 is 0 Å². The number of methoxy groups -OCH3 is 1. The normalized spacial score (nSPS) is 20.6. The van der Waals surface area contributed by atoms with Gasteiger partial charge in [0.2, 0.25) is 0 Å². The number of ether oxygens (including phenoxy) is 1. The molecule has 5 nitrogen and oxygen atoms in total. The zero-order valence-electron chi connectivity index (χ0n) is 10.6. The van der Waals surface area contributed by atoms with Gasteiger partial charge < -0.3 is 9.84 Å². The first-order valence-electron chi connectivity index (χ1n) is 5.93. The van der Waals surface area contributed by atoms with E-state index in [4.69, 9.17) is 5.11 Å². The molecule has 1 fully saturated rings. The summed E-state index contributed by atoms with van der Waals surface area (Å²) in [6.45, 7) is 0.240. The van der Waals surface area contributed by atoms with Crippen molar-refractivity contribution in [2.24, 2.45) is 0 Å². The van der Waals surface area contributed by atoms with Gasteiger partial charge in [-0.15, -0.1) is 0 Å². The average molecular weight is 261 g/mol. The molecule has 1 aliphatic rings. The third kappa shape index (κ3) is 2.93. The van der Waals surface area contributed by atoms with E-state index in [1.807, 2.05) is 36.4 Å². The lowest BCUT2D eigenvalue weighted by Crippen LogP contribution is -2.40. The maximum atomic E-state index is 11.6. The minimum atomic E-state index is -1.10. The van der Waals surface area contributed by atoms with Crippen molar-refractivity contribution in [3.63, 3.8) is 0 Å². The molecule has 0 aliphatic carbocycles. The van der Waals surface area contributed by atoms with Gasteiger partial charge >= 0.3 is 12.1 Å². The van der Waals surface area contributed by atoms with Gasteiger partial charge in [0.15, 0.2) is 0 Å². The fourth-order valence-electron chi connectivity index (χ4n) is 2.19. The summed E-state index contributed by atoms with van der Waals surface area (Å²) in [6, 6.07) is 8.87. The van der Waals surface area contributed by atoms with Crippen molar-refractivity contribution in [3.8, 4) is 0 Å². The molecule has 2 rings (SSSR count). The molecule has 0 aromatic heterocycles. The molecular weight excluding hydrogens is 246 g/mol. The van der Waals surface area contributed by atoms with E-state index in [-0.39, 0.29) is 6.54 Å². The maximum Gasteiger partial charge on any atom is 0.408 e. The van der Waals surface area contributed by atoms with Gasteiger partial charge in [-0.3, -0.25) is 4.90 Å². The van der Waals surface area contributed by atoms with Crippen LogP contribution >= 0.6 is 0 Å². The molecule has 5 heteroatoms. The van der Waals surface area contributed by atoms with Crippen LogP contribution in [0, 0.1) is 0 Å². The smallest absolute Gasteiger partial charge is 0.408 e. The topological polar surface area (TPSA) is 66.8 Å². The average Bonchev–Trinajstić information content (AvgIpc) is 2.83. The van der Waals surface area contributed by atoms with Gasteiger partial charge in [-0.1, -0.05) is 36.4 Å². The minimum absolute atomic E-state index is 0.240. The quantitative estimate of drug-likeness (QED) is 0.827. The highest BCUT2D eigenvalue weighted by atomic mass is 16.5. The second-order valence-corrected chi connectivity index (χ2v) is 4.37. The number of carbonyl (C=O) groups excluding carboxylic acids is 1. The van der Waals surface area contributed by atoms with E-state index in [0.29, 0.717) is 6.42 Å². The Morgan fingerprint density at radius 3 is 2.63 bits per heavy atom. The van der Waals surface area contributed by atoms with Gasteiger partial charge in [0.05, 0.1) is 7.11 Å². The molecule has 0 radical (unpaired) electrons. The van der Waals surface area contributed by atoms with Crippen LogP contribution in [0.5, 0.6) is 0 Å². The molecule has 1 heterocycles. The number of amides is 1. The maximum absolute atomic E-state index is 11.6. The summed E-state index contributed by atoms with van der Waals surface area (Å²) in [6.07, 6.45) is 1.19. The summed E-state index contributed by atoms with van der Waals surface area (Å²) >= 11 is 0. The fourth-order valence-corrected chi connectivity index (χ4v) is 2.19. The Morgan fingerprint density at radius 2 is 2.05 bits per heavy atom. The lowest BCUT2D eigenvalue weighted by Gasteiger charge is -2.17. The summed E-state index contributed by atoms with van der Waals surface area (Å²) in [4.78, 5) is 23.8. The van der Waals surface area contributed by atoms with Crippen LogP contribution in [0.25, 0.3) is 6.08 Å². The van der Waals surface area contributed by atoms with Crippen molar-refractivity contribution < 1.29 is 19.4 Å². The predicted molar refractivity (Wildman–Crippen MR) is 69.6 cm³/mol. The SMILES string of the molecule is COC(=O)[C@@H]1CC(=Cc2ccccc2)CN1C(=O)O. The molecule has 1 aliphatic heterocycles. The number of rotatable bonds is 2. The molecule has 1 aromatic carbocycles. The van der Waals surface area contributed by atoms with Gasteiger partial charge in [-0.25, -0.2) is 9.59 Å². The molecule has 1 atom stereocenters. The molecule has 0 unspecified atom stereocenters. The Kier molecular flexibility index (Phi) is 3.85. The third-order valence-corrected chi connectivity index (χ3v) is 3.09. The predicted octanol–water partition coefficient (Wildman–Crippen LogP) is 2.00. The summed E-state index contributed by atoms with van der Waals surface area (Å²) < 4.78 is 4.64. The minimum Gasteiger partial charge on any atom is -0.467 e. The number of esters is 1. The van der Waals surface area contributed by atoms with E-state index in [1.54, 1.807) is 0 Å². The summed E-state index contributed by atoms with van der Waals surface area (Å²) in [5, 5.41) is 9.10. The number of hydrogen-bond donors (Lipinski definition) is 1. The van der Waals surface area contributed by atoms with E-state index < -0.39 is 18.1 Å². The number of nitrogens with zero attached hydrogens (tertiary/aromatic N) is 1. The van der Waals surface area contributed by atoms with E-state index in [2.05, 4.69) is 4.74 Å². The zero-order valence-corrected chi connectivity index (χ0v) is 10.6. The van der Waals surface area contributed by atoms with Crippen LogP contribution in [-0.4, -0.2) is 41.8 Å². The first kappa shape index (κ1) is 13.1. The summed E-state index contributed by atoms with van der Waals surface area (Å²) in [5.41, 5.74) is 1.90.